The van der Waals surface area contributed by atoms with E-state index in [9.17, 15) is 0 Å². The van der Waals surface area contributed by atoms with Gasteiger partial charge in [0.1, 0.15) is 0 Å². The molecular formula is C16H18BrNS. The first-order valence-electron chi connectivity index (χ1n) is 6.61. The second-order valence-electron chi connectivity index (χ2n) is 5.86. The molecule has 0 bridgehead atoms. The molecule has 1 nitrogen and oxygen atoms in total. The number of hydrogen-bond acceptors (Lipinski definition) is 2. The van der Waals surface area contributed by atoms with E-state index >= 15 is 0 Å². The highest BCUT2D eigenvalue weighted by Gasteiger charge is 2.33. The molecule has 0 fully saturated rings. The molecule has 19 heavy (non-hydrogen) atoms. The van der Waals surface area contributed by atoms with Crippen LogP contribution in [0.3, 0.4) is 0 Å². The number of hydrogen-bond donors (Lipinski definition) is 1. The molecule has 0 spiro atoms. The topological polar surface area (TPSA) is 12.0 Å². The fourth-order valence-electron chi connectivity index (χ4n) is 2.65. The first kappa shape index (κ1) is 13.3. The molecule has 1 N–H and O–H groups in total. The summed E-state index contributed by atoms with van der Waals surface area (Å²) in [5.74, 6) is 0. The van der Waals surface area contributed by atoms with Crippen LogP contribution >= 0.6 is 27.3 Å². The molecule has 100 valence electrons. The molecule has 1 unspecified atom stereocenters. The Morgan fingerprint density at radius 3 is 2.74 bits per heavy atom. The number of halogens is 1. The molecule has 2 aromatic rings. The lowest BCUT2D eigenvalue weighted by Crippen LogP contribution is -2.39. The third-order valence-corrected chi connectivity index (χ3v) is 6.07. The van der Waals surface area contributed by atoms with Crippen molar-refractivity contribution in [3.63, 3.8) is 0 Å². The summed E-state index contributed by atoms with van der Waals surface area (Å²) in [5, 5.41) is 3.60. The minimum atomic E-state index is 0.228. The summed E-state index contributed by atoms with van der Waals surface area (Å²) in [7, 11) is 0. The third kappa shape index (κ3) is 2.28. The zero-order valence-electron chi connectivity index (χ0n) is 11.5. The van der Waals surface area contributed by atoms with Crippen molar-refractivity contribution in [2.75, 3.05) is 6.54 Å². The molecule has 1 atom stereocenters. The molecule has 3 rings (SSSR count). The summed E-state index contributed by atoms with van der Waals surface area (Å²) in [6, 6.07) is 11.3. The van der Waals surface area contributed by atoms with Crippen LogP contribution in [0.5, 0.6) is 0 Å². The number of fused-ring (bicyclic) bond motifs is 1. The van der Waals surface area contributed by atoms with Gasteiger partial charge in [-0.15, -0.1) is 11.3 Å². The maximum absolute atomic E-state index is 3.66. The Morgan fingerprint density at radius 2 is 2.05 bits per heavy atom. The van der Waals surface area contributed by atoms with Gasteiger partial charge >= 0.3 is 0 Å². The predicted molar refractivity (Wildman–Crippen MR) is 86.9 cm³/mol. The van der Waals surface area contributed by atoms with Crippen molar-refractivity contribution in [3.8, 4) is 10.4 Å². The third-order valence-electron chi connectivity index (χ3n) is 3.83. The first-order valence-corrected chi connectivity index (χ1v) is 8.22. The van der Waals surface area contributed by atoms with E-state index in [-0.39, 0.29) is 5.41 Å². The number of thiophene rings is 1. The van der Waals surface area contributed by atoms with Crippen LogP contribution in [0.15, 0.2) is 34.8 Å². The highest BCUT2D eigenvalue weighted by molar-refractivity contribution is 9.10. The smallest absolute Gasteiger partial charge is 0.0360 e. The van der Waals surface area contributed by atoms with Gasteiger partial charge in [-0.25, -0.2) is 0 Å². The van der Waals surface area contributed by atoms with E-state index in [1.165, 1.54) is 25.4 Å². The van der Waals surface area contributed by atoms with Gasteiger partial charge < -0.3 is 5.32 Å². The Morgan fingerprint density at radius 1 is 1.32 bits per heavy atom. The lowest BCUT2D eigenvalue weighted by atomic mass is 9.83. The Balaban J connectivity index is 2.15. The zero-order valence-corrected chi connectivity index (χ0v) is 13.9. The Bertz CT molecular complexity index is 615. The van der Waals surface area contributed by atoms with Gasteiger partial charge in [0, 0.05) is 37.8 Å². The fourth-order valence-corrected chi connectivity index (χ4v) is 4.67. The molecule has 3 heteroatoms. The lowest BCUT2D eigenvalue weighted by molar-refractivity contribution is 0.404. The van der Waals surface area contributed by atoms with Crippen LogP contribution in [0, 0.1) is 0 Å². The number of rotatable bonds is 1. The van der Waals surface area contributed by atoms with E-state index in [0.29, 0.717) is 6.04 Å². The summed E-state index contributed by atoms with van der Waals surface area (Å²) in [5.41, 5.74) is 2.99. The predicted octanol–water partition coefficient (Wildman–Crippen LogP) is 5.12. The van der Waals surface area contributed by atoms with Gasteiger partial charge in [0.05, 0.1) is 0 Å². The van der Waals surface area contributed by atoms with E-state index in [2.05, 4.69) is 72.3 Å². The van der Waals surface area contributed by atoms with E-state index in [1.807, 2.05) is 11.3 Å². The van der Waals surface area contributed by atoms with Crippen LogP contribution in [0.1, 0.15) is 37.3 Å². The molecule has 1 aliphatic heterocycles. The van der Waals surface area contributed by atoms with Crippen molar-refractivity contribution >= 4 is 27.3 Å². The van der Waals surface area contributed by atoms with Crippen molar-refractivity contribution < 1.29 is 0 Å². The van der Waals surface area contributed by atoms with Gasteiger partial charge in [-0.2, -0.15) is 0 Å². The average molecular weight is 336 g/mol. The van der Waals surface area contributed by atoms with Crippen LogP contribution < -0.4 is 5.32 Å². The van der Waals surface area contributed by atoms with Crippen LogP contribution in [0.2, 0.25) is 0 Å². The maximum atomic E-state index is 3.66. The molecule has 0 saturated carbocycles. The van der Waals surface area contributed by atoms with Gasteiger partial charge in [-0.3, -0.25) is 0 Å². The second-order valence-corrected chi connectivity index (χ2v) is 7.77. The van der Waals surface area contributed by atoms with Crippen molar-refractivity contribution in [2.45, 2.75) is 32.2 Å². The molecule has 2 heterocycles. The van der Waals surface area contributed by atoms with Crippen molar-refractivity contribution in [1.82, 2.24) is 5.32 Å². The lowest BCUT2D eigenvalue weighted by Gasteiger charge is -2.33. The molecule has 1 aromatic heterocycles. The minimum absolute atomic E-state index is 0.228. The Kier molecular flexibility index (Phi) is 3.32. The van der Waals surface area contributed by atoms with E-state index < -0.39 is 0 Å². The van der Waals surface area contributed by atoms with Gasteiger partial charge in [-0.05, 0) is 24.6 Å². The minimum Gasteiger partial charge on any atom is -0.309 e. The average Bonchev–Trinajstić information content (AvgIpc) is 2.82. The van der Waals surface area contributed by atoms with Crippen LogP contribution in [-0.4, -0.2) is 6.54 Å². The van der Waals surface area contributed by atoms with Crippen molar-refractivity contribution in [1.29, 1.82) is 0 Å². The molecular weight excluding hydrogens is 318 g/mol. The Hall–Kier alpha value is -0.640. The summed E-state index contributed by atoms with van der Waals surface area (Å²) < 4.78 is 1.17. The highest BCUT2D eigenvalue weighted by atomic mass is 79.9. The van der Waals surface area contributed by atoms with E-state index in [1.54, 1.807) is 0 Å². The monoisotopic (exact) mass is 335 g/mol. The standard InChI is InChI=1S/C16H18BrNS/c1-10-12-8-14(11-6-4-5-7-13(11)17)19-15(12)16(2,3)9-18-10/h4-8,10,18H,9H2,1-3H3. The van der Waals surface area contributed by atoms with Crippen molar-refractivity contribution in [3.05, 3.63) is 45.2 Å². The summed E-state index contributed by atoms with van der Waals surface area (Å²) in [6.45, 7) is 7.96. The van der Waals surface area contributed by atoms with Gasteiger partial charge in [0.25, 0.3) is 0 Å². The maximum Gasteiger partial charge on any atom is 0.0360 e. The summed E-state index contributed by atoms with van der Waals surface area (Å²) in [4.78, 5) is 2.89. The van der Waals surface area contributed by atoms with E-state index in [0.717, 1.165) is 6.54 Å². The second kappa shape index (κ2) is 4.72. The molecule has 0 aliphatic carbocycles. The molecule has 1 aromatic carbocycles. The van der Waals surface area contributed by atoms with Crippen LogP contribution in [0.4, 0.5) is 0 Å². The summed E-state index contributed by atoms with van der Waals surface area (Å²) >= 11 is 5.60. The highest BCUT2D eigenvalue weighted by Crippen LogP contribution is 2.44. The molecule has 1 aliphatic rings. The largest absolute Gasteiger partial charge is 0.309 e. The van der Waals surface area contributed by atoms with Gasteiger partial charge in [0.2, 0.25) is 0 Å². The summed E-state index contributed by atoms with van der Waals surface area (Å²) in [6.07, 6.45) is 0. The Labute approximate surface area is 127 Å². The molecule has 0 radical (unpaired) electrons. The molecule has 0 saturated heterocycles. The normalized spacial score (nSPS) is 21.2. The van der Waals surface area contributed by atoms with E-state index in [4.69, 9.17) is 0 Å². The molecule has 0 amide bonds. The zero-order chi connectivity index (χ0) is 13.6. The quantitative estimate of drug-likeness (QED) is 0.762. The first-order chi connectivity index (χ1) is 8.99. The fraction of sp³-hybridized carbons (Fsp3) is 0.375. The van der Waals surface area contributed by atoms with Crippen LogP contribution in [0.25, 0.3) is 10.4 Å². The van der Waals surface area contributed by atoms with Gasteiger partial charge in [0.15, 0.2) is 0 Å². The van der Waals surface area contributed by atoms with Gasteiger partial charge in [-0.1, -0.05) is 48.0 Å². The van der Waals surface area contributed by atoms with Crippen molar-refractivity contribution in [2.24, 2.45) is 0 Å². The van der Waals surface area contributed by atoms with Crippen LogP contribution in [-0.2, 0) is 5.41 Å². The SMILES string of the molecule is CC1NCC(C)(C)c2sc(-c3ccccc3Br)cc21. The number of nitrogens with one attached hydrogen (secondary N) is 1. The number of benzene rings is 1.